The first kappa shape index (κ1) is 21.4. The Bertz CT molecular complexity index is 910. The summed E-state index contributed by atoms with van der Waals surface area (Å²) in [6, 6.07) is 14.8. The van der Waals surface area contributed by atoms with Gasteiger partial charge in [0.1, 0.15) is 12.3 Å². The third-order valence-electron chi connectivity index (χ3n) is 4.95. The number of rotatable bonds is 7. The number of benzene rings is 2. The van der Waals surface area contributed by atoms with Crippen molar-refractivity contribution in [2.45, 2.75) is 32.7 Å². The molecule has 1 aliphatic heterocycles. The average molecular weight is 410 g/mol. The normalized spacial score (nSPS) is 14.2. The number of esters is 1. The maximum absolute atomic E-state index is 12.4. The lowest BCUT2D eigenvalue weighted by molar-refractivity contribution is -0.147. The monoisotopic (exact) mass is 410 g/mol. The van der Waals surface area contributed by atoms with Crippen LogP contribution < -0.4 is 15.0 Å². The van der Waals surface area contributed by atoms with Crippen molar-refractivity contribution in [2.75, 3.05) is 24.7 Å². The molecule has 158 valence electrons. The number of ether oxygens (including phenoxy) is 2. The van der Waals surface area contributed by atoms with Crippen molar-refractivity contribution in [3.8, 4) is 5.75 Å². The van der Waals surface area contributed by atoms with Crippen molar-refractivity contribution in [1.82, 2.24) is 5.32 Å². The highest BCUT2D eigenvalue weighted by molar-refractivity contribution is 5.99. The maximum atomic E-state index is 12.4. The minimum atomic E-state index is -0.657. The Morgan fingerprint density at radius 2 is 1.90 bits per heavy atom. The standard InChI is InChI=1S/C23H26N2O5/c1-3-17-8-10-18(11-9-17)16(2)24-21(26)15-30-23(28)14-25-19-6-4-5-7-20(19)29-13-12-22(25)27/h4-11,16H,3,12-15H2,1-2H3,(H,24,26)/t16-/m1/s1. The van der Waals surface area contributed by atoms with Gasteiger partial charge in [-0.3, -0.25) is 19.3 Å². The minimum Gasteiger partial charge on any atom is -0.491 e. The Hall–Kier alpha value is -3.35. The first-order chi connectivity index (χ1) is 14.5. The summed E-state index contributed by atoms with van der Waals surface area (Å²) < 4.78 is 10.6. The van der Waals surface area contributed by atoms with Crippen LogP contribution in [0.2, 0.25) is 0 Å². The largest absolute Gasteiger partial charge is 0.491 e. The molecule has 1 N–H and O–H groups in total. The number of hydrogen-bond donors (Lipinski definition) is 1. The van der Waals surface area contributed by atoms with Crippen molar-refractivity contribution in [3.63, 3.8) is 0 Å². The molecule has 7 heteroatoms. The number of carbonyl (C=O) groups excluding carboxylic acids is 3. The van der Waals surface area contributed by atoms with Crippen molar-refractivity contribution < 1.29 is 23.9 Å². The van der Waals surface area contributed by atoms with Gasteiger partial charge in [-0.05, 0) is 36.6 Å². The number of hydrogen-bond acceptors (Lipinski definition) is 5. The molecule has 3 rings (SSSR count). The maximum Gasteiger partial charge on any atom is 0.326 e. The summed E-state index contributed by atoms with van der Waals surface area (Å²) in [5.74, 6) is -0.751. The molecule has 2 aromatic carbocycles. The van der Waals surface area contributed by atoms with Gasteiger partial charge in [0.15, 0.2) is 6.61 Å². The number of anilines is 1. The molecule has 1 heterocycles. The van der Waals surface area contributed by atoms with Crippen LogP contribution in [0.4, 0.5) is 5.69 Å². The van der Waals surface area contributed by atoms with Crippen molar-refractivity contribution in [3.05, 3.63) is 59.7 Å². The number of carbonyl (C=O) groups is 3. The van der Waals surface area contributed by atoms with Gasteiger partial charge in [-0.25, -0.2) is 0 Å². The molecule has 1 aliphatic rings. The zero-order chi connectivity index (χ0) is 21.5. The van der Waals surface area contributed by atoms with Gasteiger partial charge >= 0.3 is 5.97 Å². The summed E-state index contributed by atoms with van der Waals surface area (Å²) in [6.45, 7) is 3.52. The lowest BCUT2D eigenvalue weighted by Crippen LogP contribution is -2.38. The fourth-order valence-corrected chi connectivity index (χ4v) is 3.22. The third-order valence-corrected chi connectivity index (χ3v) is 4.95. The van der Waals surface area contributed by atoms with E-state index in [9.17, 15) is 14.4 Å². The first-order valence-electron chi connectivity index (χ1n) is 10.0. The minimum absolute atomic E-state index is 0.163. The molecule has 0 saturated carbocycles. The lowest BCUT2D eigenvalue weighted by atomic mass is 10.1. The van der Waals surface area contributed by atoms with E-state index in [0.29, 0.717) is 11.4 Å². The quantitative estimate of drug-likeness (QED) is 0.710. The molecule has 0 spiro atoms. The van der Waals surface area contributed by atoms with Crippen LogP contribution in [0.25, 0.3) is 0 Å². The second kappa shape index (κ2) is 9.91. The Labute approximate surface area is 176 Å². The number of aryl methyl sites for hydroxylation is 1. The SMILES string of the molecule is CCc1ccc([C@@H](C)NC(=O)COC(=O)CN2C(=O)CCOc3ccccc32)cc1. The number of para-hydroxylation sites is 2. The van der Waals surface area contributed by atoms with Crippen LogP contribution >= 0.6 is 0 Å². The lowest BCUT2D eigenvalue weighted by Gasteiger charge is -2.21. The molecule has 0 radical (unpaired) electrons. The molecule has 0 aromatic heterocycles. The van der Waals surface area contributed by atoms with Crippen LogP contribution in [0.5, 0.6) is 5.75 Å². The molecular formula is C23H26N2O5. The van der Waals surface area contributed by atoms with Gasteiger partial charge < -0.3 is 14.8 Å². The first-order valence-corrected chi connectivity index (χ1v) is 10.0. The highest BCUT2D eigenvalue weighted by Gasteiger charge is 2.26. The van der Waals surface area contributed by atoms with Gasteiger partial charge in [0.05, 0.1) is 24.8 Å². The van der Waals surface area contributed by atoms with E-state index in [0.717, 1.165) is 12.0 Å². The van der Waals surface area contributed by atoms with Crippen LogP contribution in [0.1, 0.15) is 37.4 Å². The van der Waals surface area contributed by atoms with Crippen LogP contribution in [0, 0.1) is 0 Å². The number of amides is 2. The Morgan fingerprint density at radius 3 is 2.63 bits per heavy atom. The Balaban J connectivity index is 1.52. The van der Waals surface area contributed by atoms with Crippen LogP contribution in [0.15, 0.2) is 48.5 Å². The van der Waals surface area contributed by atoms with Crippen LogP contribution in [0.3, 0.4) is 0 Å². The zero-order valence-corrected chi connectivity index (χ0v) is 17.2. The molecule has 30 heavy (non-hydrogen) atoms. The zero-order valence-electron chi connectivity index (χ0n) is 17.2. The number of nitrogens with zero attached hydrogens (tertiary/aromatic N) is 1. The van der Waals surface area contributed by atoms with E-state index < -0.39 is 18.5 Å². The van der Waals surface area contributed by atoms with E-state index in [1.165, 1.54) is 10.5 Å². The van der Waals surface area contributed by atoms with Gasteiger partial charge in [0.25, 0.3) is 5.91 Å². The van der Waals surface area contributed by atoms with E-state index in [-0.39, 0.29) is 31.5 Å². The highest BCUT2D eigenvalue weighted by atomic mass is 16.5. The molecule has 0 bridgehead atoms. The summed E-state index contributed by atoms with van der Waals surface area (Å²) in [5.41, 5.74) is 2.71. The summed E-state index contributed by atoms with van der Waals surface area (Å²) in [7, 11) is 0. The van der Waals surface area contributed by atoms with E-state index in [1.807, 2.05) is 31.2 Å². The highest BCUT2D eigenvalue weighted by Crippen LogP contribution is 2.30. The van der Waals surface area contributed by atoms with Gasteiger partial charge in [-0.15, -0.1) is 0 Å². The summed E-state index contributed by atoms with van der Waals surface area (Å²) in [6.07, 6.45) is 1.11. The van der Waals surface area contributed by atoms with Gasteiger partial charge in [0, 0.05) is 0 Å². The Morgan fingerprint density at radius 1 is 1.17 bits per heavy atom. The van der Waals surface area contributed by atoms with Crippen molar-refractivity contribution in [1.29, 1.82) is 0 Å². The molecule has 1 atom stereocenters. The molecule has 0 unspecified atom stereocenters. The fraction of sp³-hybridized carbons (Fsp3) is 0.348. The molecule has 0 aliphatic carbocycles. The van der Waals surface area contributed by atoms with Gasteiger partial charge in [0.2, 0.25) is 5.91 Å². The van der Waals surface area contributed by atoms with E-state index >= 15 is 0 Å². The predicted octanol–water partition coefficient (Wildman–Crippen LogP) is 2.79. The molecule has 2 aromatic rings. The van der Waals surface area contributed by atoms with E-state index in [1.54, 1.807) is 24.3 Å². The second-order valence-corrected chi connectivity index (χ2v) is 7.09. The summed E-state index contributed by atoms with van der Waals surface area (Å²) >= 11 is 0. The molecular weight excluding hydrogens is 384 g/mol. The smallest absolute Gasteiger partial charge is 0.326 e. The van der Waals surface area contributed by atoms with E-state index in [4.69, 9.17) is 9.47 Å². The Kier molecular flexibility index (Phi) is 7.06. The molecule has 0 fully saturated rings. The van der Waals surface area contributed by atoms with Crippen molar-refractivity contribution in [2.24, 2.45) is 0 Å². The van der Waals surface area contributed by atoms with Gasteiger partial charge in [-0.2, -0.15) is 0 Å². The average Bonchev–Trinajstić information content (AvgIpc) is 2.91. The molecule has 0 saturated heterocycles. The summed E-state index contributed by atoms with van der Waals surface area (Å²) in [4.78, 5) is 38.1. The fourth-order valence-electron chi connectivity index (χ4n) is 3.22. The van der Waals surface area contributed by atoms with Crippen molar-refractivity contribution >= 4 is 23.5 Å². The number of fused-ring (bicyclic) bond motifs is 1. The molecule has 7 nitrogen and oxygen atoms in total. The van der Waals surface area contributed by atoms with Crippen LogP contribution in [-0.2, 0) is 25.5 Å². The third kappa shape index (κ3) is 5.37. The topological polar surface area (TPSA) is 84.9 Å². The predicted molar refractivity (Wildman–Crippen MR) is 112 cm³/mol. The summed E-state index contributed by atoms with van der Waals surface area (Å²) in [5, 5.41) is 2.81. The van der Waals surface area contributed by atoms with Gasteiger partial charge in [-0.1, -0.05) is 43.3 Å². The number of nitrogens with one attached hydrogen (secondary N) is 1. The van der Waals surface area contributed by atoms with E-state index in [2.05, 4.69) is 12.2 Å². The second-order valence-electron chi connectivity index (χ2n) is 7.09. The van der Waals surface area contributed by atoms with Crippen LogP contribution in [-0.4, -0.2) is 37.5 Å². The molecule has 2 amide bonds.